The minimum atomic E-state index is -0.408. The van der Waals surface area contributed by atoms with Crippen LogP contribution >= 0.6 is 0 Å². The van der Waals surface area contributed by atoms with Gasteiger partial charge in [0.25, 0.3) is 0 Å². The van der Waals surface area contributed by atoms with Crippen LogP contribution in [0.1, 0.15) is 18.4 Å². The normalized spacial score (nSPS) is 16.7. The van der Waals surface area contributed by atoms with Crippen LogP contribution < -0.4 is 10.6 Å². The third-order valence-corrected chi connectivity index (χ3v) is 4.62. The highest BCUT2D eigenvalue weighted by Crippen LogP contribution is 2.29. The van der Waals surface area contributed by atoms with Crippen molar-refractivity contribution in [1.82, 2.24) is 20.4 Å². The molecular formula is C18H24N4O2. The summed E-state index contributed by atoms with van der Waals surface area (Å²) in [7, 11) is 1.66. The number of nitrogens with zero attached hydrogens (tertiary/aromatic N) is 2. The zero-order valence-electron chi connectivity index (χ0n) is 14.0. The van der Waals surface area contributed by atoms with Crippen molar-refractivity contribution in [3.05, 3.63) is 48.3 Å². The molecule has 3 rings (SSSR count). The number of carbonyl (C=O) groups excluding carboxylic acids is 1. The van der Waals surface area contributed by atoms with E-state index in [2.05, 4.69) is 15.7 Å². The lowest BCUT2D eigenvalue weighted by Gasteiger charge is -2.35. The van der Waals surface area contributed by atoms with Crippen LogP contribution in [0, 0.1) is 5.41 Å². The van der Waals surface area contributed by atoms with Gasteiger partial charge in [-0.2, -0.15) is 5.10 Å². The Morgan fingerprint density at radius 1 is 1.33 bits per heavy atom. The predicted octanol–water partition coefficient (Wildman–Crippen LogP) is 1.50. The number of nitrogens with one attached hydrogen (secondary N) is 2. The van der Waals surface area contributed by atoms with Crippen molar-refractivity contribution < 1.29 is 9.53 Å². The van der Waals surface area contributed by atoms with Gasteiger partial charge in [0.1, 0.15) is 0 Å². The molecule has 1 fully saturated rings. The minimum Gasteiger partial charge on any atom is -0.384 e. The summed E-state index contributed by atoms with van der Waals surface area (Å²) in [6.07, 6.45) is 5.28. The summed E-state index contributed by atoms with van der Waals surface area (Å²) in [5, 5.41) is 10.6. The van der Waals surface area contributed by atoms with E-state index in [9.17, 15) is 4.79 Å². The van der Waals surface area contributed by atoms with Crippen LogP contribution in [0.2, 0.25) is 0 Å². The molecule has 0 unspecified atom stereocenters. The van der Waals surface area contributed by atoms with E-state index < -0.39 is 5.41 Å². The number of carbonyl (C=O) groups is 1. The first-order chi connectivity index (χ1) is 11.7. The first-order valence-corrected chi connectivity index (χ1v) is 8.30. The Hall–Kier alpha value is -2.18. The van der Waals surface area contributed by atoms with Crippen molar-refractivity contribution in [2.45, 2.75) is 19.4 Å². The second kappa shape index (κ2) is 7.59. The van der Waals surface area contributed by atoms with Crippen LogP contribution in [0.3, 0.4) is 0 Å². The van der Waals surface area contributed by atoms with Crippen molar-refractivity contribution in [3.63, 3.8) is 0 Å². The highest BCUT2D eigenvalue weighted by atomic mass is 16.5. The van der Waals surface area contributed by atoms with E-state index in [0.29, 0.717) is 13.2 Å². The molecule has 1 saturated heterocycles. The lowest BCUT2D eigenvalue weighted by atomic mass is 9.78. The van der Waals surface area contributed by atoms with Gasteiger partial charge in [-0.25, -0.2) is 4.68 Å². The third kappa shape index (κ3) is 3.66. The summed E-state index contributed by atoms with van der Waals surface area (Å²) in [4.78, 5) is 12.7. The molecule has 2 aromatic rings. The molecule has 0 atom stereocenters. The second-order valence-electron chi connectivity index (χ2n) is 6.26. The molecule has 1 aliphatic rings. The Balaban J connectivity index is 1.61. The molecule has 0 aliphatic carbocycles. The smallest absolute Gasteiger partial charge is 0.228 e. The molecule has 128 valence electrons. The molecule has 0 bridgehead atoms. The van der Waals surface area contributed by atoms with E-state index in [4.69, 9.17) is 4.74 Å². The van der Waals surface area contributed by atoms with Crippen molar-refractivity contribution >= 4 is 5.91 Å². The van der Waals surface area contributed by atoms with Crippen molar-refractivity contribution in [2.24, 2.45) is 5.41 Å². The Labute approximate surface area is 142 Å². The summed E-state index contributed by atoms with van der Waals surface area (Å²) in [6.45, 7) is 2.71. The molecule has 1 aliphatic heterocycles. The van der Waals surface area contributed by atoms with Gasteiger partial charge in [0.15, 0.2) is 0 Å². The largest absolute Gasteiger partial charge is 0.384 e. The lowest BCUT2D eigenvalue weighted by Crippen LogP contribution is -2.49. The van der Waals surface area contributed by atoms with E-state index in [1.807, 2.05) is 41.2 Å². The average Bonchev–Trinajstić information content (AvgIpc) is 3.16. The first kappa shape index (κ1) is 16.7. The van der Waals surface area contributed by atoms with E-state index in [0.717, 1.165) is 37.2 Å². The fourth-order valence-corrected chi connectivity index (χ4v) is 3.18. The molecule has 0 saturated carbocycles. The maximum absolute atomic E-state index is 12.7. The zero-order valence-corrected chi connectivity index (χ0v) is 14.0. The van der Waals surface area contributed by atoms with E-state index >= 15 is 0 Å². The number of hydrogen-bond acceptors (Lipinski definition) is 4. The van der Waals surface area contributed by atoms with Crippen molar-refractivity contribution in [3.8, 4) is 5.69 Å². The second-order valence-corrected chi connectivity index (χ2v) is 6.26. The number of hydrogen-bond donors (Lipinski definition) is 2. The Morgan fingerprint density at radius 3 is 2.71 bits per heavy atom. The molecule has 0 radical (unpaired) electrons. The number of piperidine rings is 1. The number of rotatable bonds is 6. The van der Waals surface area contributed by atoms with Crippen molar-refractivity contribution in [2.75, 3.05) is 26.8 Å². The molecule has 1 amide bonds. The molecule has 2 heterocycles. The number of amides is 1. The van der Waals surface area contributed by atoms with Gasteiger partial charge in [-0.15, -0.1) is 0 Å². The van der Waals surface area contributed by atoms with Gasteiger partial charge < -0.3 is 15.4 Å². The van der Waals surface area contributed by atoms with Crippen molar-refractivity contribution in [1.29, 1.82) is 0 Å². The van der Waals surface area contributed by atoms with E-state index in [1.54, 1.807) is 13.3 Å². The van der Waals surface area contributed by atoms with Crippen LogP contribution in [0.15, 0.2) is 42.7 Å². The van der Waals surface area contributed by atoms with Crippen LogP contribution in [0.25, 0.3) is 5.69 Å². The molecule has 24 heavy (non-hydrogen) atoms. The Bertz CT molecular complexity index is 641. The predicted molar refractivity (Wildman–Crippen MR) is 91.8 cm³/mol. The fourth-order valence-electron chi connectivity index (χ4n) is 3.18. The first-order valence-electron chi connectivity index (χ1n) is 8.30. The van der Waals surface area contributed by atoms with Gasteiger partial charge in [-0.1, -0.05) is 12.1 Å². The number of methoxy groups -OCH3 is 1. The SMILES string of the molecule is COCC1(C(=O)NCc2ccc(-n3cccn3)cc2)CCNCC1. The number of aromatic nitrogens is 2. The van der Waals surface area contributed by atoms with Crippen LogP contribution in [0.4, 0.5) is 0 Å². The van der Waals surface area contributed by atoms with Gasteiger partial charge in [0.05, 0.1) is 17.7 Å². The number of benzene rings is 1. The highest BCUT2D eigenvalue weighted by molar-refractivity contribution is 5.83. The van der Waals surface area contributed by atoms with Crippen LogP contribution in [-0.4, -0.2) is 42.5 Å². The van der Waals surface area contributed by atoms with Gasteiger partial charge in [0, 0.05) is 26.0 Å². The topological polar surface area (TPSA) is 68.2 Å². The summed E-state index contributed by atoms with van der Waals surface area (Å²) in [5.41, 5.74) is 1.67. The molecular weight excluding hydrogens is 304 g/mol. The summed E-state index contributed by atoms with van der Waals surface area (Å²) in [5.74, 6) is 0.0852. The quantitative estimate of drug-likeness (QED) is 0.843. The van der Waals surface area contributed by atoms with E-state index in [1.165, 1.54) is 0 Å². The molecule has 6 heteroatoms. The minimum absolute atomic E-state index is 0.0852. The standard InChI is InChI=1S/C18H24N4O2/c1-24-14-18(7-10-19-11-8-18)17(23)20-13-15-3-5-16(6-4-15)22-12-2-9-21-22/h2-6,9,12,19H,7-8,10-11,13-14H2,1H3,(H,20,23). The number of ether oxygens (including phenoxy) is 1. The highest BCUT2D eigenvalue weighted by Gasteiger charge is 2.39. The summed E-state index contributed by atoms with van der Waals surface area (Å²) in [6, 6.07) is 9.93. The molecule has 1 aromatic carbocycles. The fraction of sp³-hybridized carbons (Fsp3) is 0.444. The Kier molecular flexibility index (Phi) is 5.27. The van der Waals surface area contributed by atoms with Gasteiger partial charge >= 0.3 is 0 Å². The summed E-state index contributed by atoms with van der Waals surface area (Å²) < 4.78 is 7.13. The third-order valence-electron chi connectivity index (χ3n) is 4.62. The maximum atomic E-state index is 12.7. The molecule has 1 aromatic heterocycles. The maximum Gasteiger partial charge on any atom is 0.228 e. The monoisotopic (exact) mass is 328 g/mol. The lowest BCUT2D eigenvalue weighted by molar-refractivity contribution is -0.136. The van der Waals surface area contributed by atoms with Crippen LogP contribution in [0.5, 0.6) is 0 Å². The van der Waals surface area contributed by atoms with Gasteiger partial charge in [-0.05, 0) is 49.7 Å². The average molecular weight is 328 g/mol. The van der Waals surface area contributed by atoms with E-state index in [-0.39, 0.29) is 5.91 Å². The molecule has 6 nitrogen and oxygen atoms in total. The Morgan fingerprint density at radius 2 is 2.08 bits per heavy atom. The van der Waals surface area contributed by atoms with Gasteiger partial charge in [-0.3, -0.25) is 4.79 Å². The van der Waals surface area contributed by atoms with Gasteiger partial charge in [0.2, 0.25) is 5.91 Å². The summed E-state index contributed by atoms with van der Waals surface area (Å²) >= 11 is 0. The molecule has 2 N–H and O–H groups in total. The molecule has 0 spiro atoms. The zero-order chi connectivity index (χ0) is 16.8. The van der Waals surface area contributed by atoms with Crippen LogP contribution in [-0.2, 0) is 16.1 Å².